The van der Waals surface area contributed by atoms with Crippen molar-refractivity contribution in [2.24, 2.45) is 0 Å². The van der Waals surface area contributed by atoms with E-state index in [9.17, 15) is 40.6 Å². The minimum atomic E-state index is -5.24. The van der Waals surface area contributed by atoms with E-state index >= 15 is 0 Å². The van der Waals surface area contributed by atoms with Crippen molar-refractivity contribution in [3.05, 3.63) is 59.5 Å². The van der Waals surface area contributed by atoms with Crippen molar-refractivity contribution in [1.29, 1.82) is 0 Å². The molecule has 44 heavy (non-hydrogen) atoms. The van der Waals surface area contributed by atoms with Crippen molar-refractivity contribution in [1.82, 2.24) is 4.90 Å². The number of aliphatic carboxylic acids is 1. The maximum absolute atomic E-state index is 13.7. The molecule has 0 atom stereocenters. The normalized spacial score (nSPS) is 12.5. The molecule has 3 N–H and O–H groups in total. The Balaban J connectivity index is 2.20. The van der Waals surface area contributed by atoms with Crippen molar-refractivity contribution in [2.75, 3.05) is 32.0 Å². The van der Waals surface area contributed by atoms with Crippen LogP contribution < -0.4 is 20.8 Å². The summed E-state index contributed by atoms with van der Waals surface area (Å²) >= 11 is 0. The number of carboxylic acids is 1. The number of hydrogen-bond donors (Lipinski definition) is 3. The van der Waals surface area contributed by atoms with Crippen LogP contribution in [0.3, 0.4) is 0 Å². The van der Waals surface area contributed by atoms with Gasteiger partial charge in [0, 0.05) is 54.2 Å². The second-order valence-corrected chi connectivity index (χ2v) is 12.5. The van der Waals surface area contributed by atoms with Crippen molar-refractivity contribution in [3.63, 3.8) is 0 Å². The summed E-state index contributed by atoms with van der Waals surface area (Å²) in [5.41, 5.74) is 0.0365. The van der Waals surface area contributed by atoms with E-state index < -0.39 is 53.2 Å². The summed E-state index contributed by atoms with van der Waals surface area (Å²) in [6, 6.07) is 12.0. The topological polar surface area (TPSA) is 211 Å². The molecule has 1 heterocycles. The Morgan fingerprint density at radius 1 is 1.00 bits per heavy atom. The highest BCUT2D eigenvalue weighted by Crippen LogP contribution is 2.46. The van der Waals surface area contributed by atoms with Crippen LogP contribution in [0.25, 0.3) is 33.4 Å². The average Bonchev–Trinajstić information content (AvgIpc) is 2.94. The first-order valence-electron chi connectivity index (χ1n) is 13.6. The highest BCUT2D eigenvalue weighted by Gasteiger charge is 2.32. The highest BCUT2D eigenvalue weighted by molar-refractivity contribution is 7.86. The third-order valence-corrected chi connectivity index (χ3v) is 8.68. The Bertz CT molecular complexity index is 2020. The molecule has 0 bridgehead atoms. The number of nitrogens with one attached hydrogen (secondary N) is 2. The maximum atomic E-state index is 13.7. The number of benzene rings is 3. The van der Waals surface area contributed by atoms with Crippen LogP contribution in [0.2, 0.25) is 0 Å². The summed E-state index contributed by atoms with van der Waals surface area (Å²) in [5, 5.41) is 13.7. The van der Waals surface area contributed by atoms with Gasteiger partial charge in [0.2, 0.25) is 10.3 Å². The SMILES string of the molecule is CCNc1ccc2c(-c3ccccc3C(=O)N(C)CCCC(=O)[O-])c3ccc(=[NH+]CC)c(S(=O)(=O)O)c-3oc2c1S(=O)(=O)[O-]. The fourth-order valence-electron chi connectivity index (χ4n) is 5.08. The first-order chi connectivity index (χ1) is 20.7. The molecule has 0 radical (unpaired) electrons. The smallest absolute Gasteiger partial charge is 0.304 e. The van der Waals surface area contributed by atoms with Crippen molar-refractivity contribution in [3.8, 4) is 22.5 Å². The van der Waals surface area contributed by atoms with Gasteiger partial charge in [0.15, 0.2) is 11.3 Å². The van der Waals surface area contributed by atoms with Gasteiger partial charge >= 0.3 is 10.1 Å². The number of carbonyl (C=O) groups excluding carboxylic acids is 2. The molecule has 0 spiro atoms. The number of anilines is 1. The molecule has 1 amide bonds. The largest absolute Gasteiger partial charge is 0.744 e. The minimum absolute atomic E-state index is 0.0390. The predicted molar refractivity (Wildman–Crippen MR) is 156 cm³/mol. The Labute approximate surface area is 253 Å². The zero-order valence-electron chi connectivity index (χ0n) is 24.0. The standard InChI is InChI=1S/C29H31N3O10S2/c1-4-30-21-14-12-19-24(17-9-6-7-10-18(17)29(35)32(3)16-8-11-23(33)34)20-13-15-22(31-5-2)28(44(39,40)41)26(20)42-25(19)27(21)43(36,37)38/h6-7,9-10,12-15,30H,4-5,8,11,16H2,1-3H3,(H,33,34)(H,36,37,38)(H,39,40,41)/p-1. The van der Waals surface area contributed by atoms with E-state index in [-0.39, 0.29) is 71.2 Å². The van der Waals surface area contributed by atoms with E-state index in [1.54, 1.807) is 32.0 Å². The van der Waals surface area contributed by atoms with Crippen LogP contribution in [0.1, 0.15) is 37.0 Å². The van der Waals surface area contributed by atoms with Crippen molar-refractivity contribution < 1.29 is 50.0 Å². The van der Waals surface area contributed by atoms with E-state index in [4.69, 9.17) is 4.42 Å². The number of carboxylic acid groups (broad SMARTS) is 1. The van der Waals surface area contributed by atoms with Gasteiger partial charge in [-0.1, -0.05) is 18.2 Å². The van der Waals surface area contributed by atoms with Crippen LogP contribution >= 0.6 is 0 Å². The van der Waals surface area contributed by atoms with E-state index in [2.05, 4.69) is 10.3 Å². The van der Waals surface area contributed by atoms with Crippen molar-refractivity contribution >= 4 is 48.8 Å². The molecule has 2 aromatic carbocycles. The Morgan fingerprint density at radius 2 is 1.70 bits per heavy atom. The van der Waals surface area contributed by atoms with Crippen LogP contribution in [0, 0.1) is 0 Å². The quantitative estimate of drug-likeness (QED) is 0.150. The second-order valence-electron chi connectivity index (χ2n) is 9.85. The molecule has 1 aliphatic carbocycles. The highest BCUT2D eigenvalue weighted by atomic mass is 32.2. The Hall–Kier alpha value is -4.31. The fourth-order valence-corrected chi connectivity index (χ4v) is 6.67. The number of fused-ring (bicyclic) bond motifs is 2. The summed E-state index contributed by atoms with van der Waals surface area (Å²) < 4.78 is 79.7. The van der Waals surface area contributed by atoms with Crippen LogP contribution in [-0.4, -0.2) is 69.4 Å². The van der Waals surface area contributed by atoms with Gasteiger partial charge in [-0.15, -0.1) is 0 Å². The first-order valence-corrected chi connectivity index (χ1v) is 16.4. The molecule has 0 unspecified atom stereocenters. The van der Waals surface area contributed by atoms with Crippen LogP contribution in [0.5, 0.6) is 0 Å². The third kappa shape index (κ3) is 6.45. The zero-order valence-corrected chi connectivity index (χ0v) is 25.7. The molecule has 4 rings (SSSR count). The van der Waals surface area contributed by atoms with E-state index in [0.717, 1.165) is 0 Å². The molecule has 0 aromatic heterocycles. The zero-order chi connectivity index (χ0) is 32.4. The summed E-state index contributed by atoms with van der Waals surface area (Å²) in [7, 11) is -8.76. The molecule has 0 saturated heterocycles. The maximum Gasteiger partial charge on any atom is 0.304 e. The van der Waals surface area contributed by atoms with Gasteiger partial charge in [-0.05, 0) is 56.5 Å². The minimum Gasteiger partial charge on any atom is -0.744 e. The lowest BCUT2D eigenvalue weighted by molar-refractivity contribution is -0.498. The van der Waals surface area contributed by atoms with E-state index in [0.29, 0.717) is 0 Å². The van der Waals surface area contributed by atoms with Gasteiger partial charge in [-0.25, -0.2) is 13.4 Å². The predicted octanol–water partition coefficient (Wildman–Crippen LogP) is 0.391. The molecule has 13 nitrogen and oxygen atoms in total. The molecule has 2 aliphatic rings. The molecule has 15 heteroatoms. The molecule has 0 saturated carbocycles. The van der Waals surface area contributed by atoms with Crippen molar-refractivity contribution in [2.45, 2.75) is 36.5 Å². The molecule has 2 aromatic rings. The summed E-state index contributed by atoms with van der Waals surface area (Å²) in [6.45, 7) is 3.93. The first kappa shape index (κ1) is 32.6. The lowest BCUT2D eigenvalue weighted by atomic mass is 9.90. The van der Waals surface area contributed by atoms with Crippen LogP contribution in [0.15, 0.2) is 62.7 Å². The molecular weight excluding hydrogens is 614 g/mol. The fraction of sp³-hybridized carbons (Fsp3) is 0.276. The third-order valence-electron chi connectivity index (χ3n) is 6.86. The van der Waals surface area contributed by atoms with Crippen LogP contribution in [0.4, 0.5) is 5.69 Å². The summed E-state index contributed by atoms with van der Waals surface area (Å²) in [6.07, 6.45) is -0.131. The lowest BCUT2D eigenvalue weighted by Gasteiger charge is -2.23. The van der Waals surface area contributed by atoms with Gasteiger partial charge in [-0.3, -0.25) is 9.35 Å². The van der Waals surface area contributed by atoms with Crippen LogP contribution in [-0.2, 0) is 25.0 Å². The molecule has 0 fully saturated rings. The van der Waals surface area contributed by atoms with E-state index in [1.165, 1.54) is 42.3 Å². The molecular formula is C29H30N3O10S2-. The monoisotopic (exact) mass is 644 g/mol. The summed E-state index contributed by atoms with van der Waals surface area (Å²) in [5.74, 6) is -2.22. The Kier molecular flexibility index (Phi) is 9.44. The number of rotatable bonds is 11. The summed E-state index contributed by atoms with van der Waals surface area (Å²) in [4.78, 5) is 27.2. The average molecular weight is 645 g/mol. The number of amides is 1. The Morgan fingerprint density at radius 3 is 2.32 bits per heavy atom. The number of nitrogens with zero attached hydrogens (tertiary/aromatic N) is 1. The second kappa shape index (κ2) is 12.7. The number of hydrogen-bond acceptors (Lipinski definition) is 10. The van der Waals surface area contributed by atoms with Gasteiger partial charge in [0.1, 0.15) is 21.6 Å². The van der Waals surface area contributed by atoms with Gasteiger partial charge in [0.05, 0.1) is 5.69 Å². The lowest BCUT2D eigenvalue weighted by Crippen LogP contribution is -2.76. The van der Waals surface area contributed by atoms with Gasteiger partial charge < -0.3 is 29.1 Å². The number of carbonyl (C=O) groups is 2. The van der Waals surface area contributed by atoms with Gasteiger partial charge in [0.25, 0.3) is 5.91 Å². The molecule has 1 aliphatic heterocycles. The van der Waals surface area contributed by atoms with E-state index in [1.807, 2.05) is 0 Å². The molecule has 234 valence electrons. The van der Waals surface area contributed by atoms with Gasteiger partial charge in [-0.2, -0.15) is 8.42 Å².